The summed E-state index contributed by atoms with van der Waals surface area (Å²) >= 11 is 0. The first-order valence-corrected chi connectivity index (χ1v) is 27.7. The Bertz CT molecular complexity index is 951. The van der Waals surface area contributed by atoms with Crippen molar-refractivity contribution in [3.63, 3.8) is 0 Å². The quantitative estimate of drug-likeness (QED) is 0.263. The fourth-order valence-electron chi connectivity index (χ4n) is 10.7. The van der Waals surface area contributed by atoms with Crippen molar-refractivity contribution in [3.8, 4) is 0 Å². The molecule has 0 N–H and O–H groups in total. The molecule has 0 aromatic heterocycles. The minimum Gasteiger partial charge on any atom is -0.296 e. The molecule has 0 aromatic rings. The Hall–Kier alpha value is 0.0175. The summed E-state index contributed by atoms with van der Waals surface area (Å²) in [7, 11) is -8.78. The lowest BCUT2D eigenvalue weighted by Gasteiger charge is -2.61. The summed E-state index contributed by atoms with van der Waals surface area (Å²) in [4.78, 5) is 8.19. The van der Waals surface area contributed by atoms with Crippen LogP contribution in [0.5, 0.6) is 0 Å². The molecule has 2 aliphatic heterocycles. The second-order valence-electron chi connectivity index (χ2n) is 18.7. The third-order valence-electron chi connectivity index (χ3n) is 12.6. The molecule has 0 spiro atoms. The molecule has 0 saturated heterocycles. The third kappa shape index (κ3) is 4.23. The van der Waals surface area contributed by atoms with Gasteiger partial charge in [-0.05, 0) is 71.6 Å². The van der Waals surface area contributed by atoms with E-state index in [1.165, 1.54) is 25.7 Å². The number of fused-ring (bicyclic) bond motifs is 2. The molecule has 0 radical (unpaired) electrons. The molecule has 0 aliphatic carbocycles. The van der Waals surface area contributed by atoms with Gasteiger partial charge < -0.3 is 0 Å². The maximum atomic E-state index is 6.28. The Kier molecular flexibility index (Phi) is 9.32. The van der Waals surface area contributed by atoms with Crippen LogP contribution in [0.2, 0.25) is 33.2 Å². The van der Waals surface area contributed by atoms with E-state index in [9.17, 15) is 0 Å². The fourth-order valence-corrected chi connectivity index (χ4v) is 75.3. The Labute approximate surface area is 256 Å². The molecule has 0 saturated carbocycles. The van der Waals surface area contributed by atoms with Gasteiger partial charge in [0.05, 0.1) is 20.7 Å². The zero-order chi connectivity index (χ0) is 31.9. The van der Waals surface area contributed by atoms with Gasteiger partial charge >= 0.3 is 0 Å². The fraction of sp³-hybridized carbons (Fsp3) is 0.857. The highest BCUT2D eigenvalue weighted by molar-refractivity contribution is 7.81. The molecule has 0 amide bonds. The molecular weight excluding hydrogens is 547 g/mol. The minimum absolute atomic E-state index is 0.0634. The topological polar surface area (TPSA) is 12.4 Å². The lowest BCUT2D eigenvalue weighted by molar-refractivity contribution is 0.586. The van der Waals surface area contributed by atoms with E-state index >= 15 is 0 Å². The Balaban J connectivity index is 3.67. The summed E-state index contributed by atoms with van der Waals surface area (Å²) in [6.45, 7) is 54.9. The molecule has 0 fully saturated rings. The molecule has 1 nitrogen and oxygen atoms in total. The highest BCUT2D eigenvalue weighted by Gasteiger charge is 2.83. The number of hydrogen-bond acceptors (Lipinski definition) is 1. The highest BCUT2D eigenvalue weighted by Crippen LogP contribution is 2.72. The number of allylic oxidation sites excluding steroid dienone is 4. The summed E-state index contributed by atoms with van der Waals surface area (Å²) in [5.41, 5.74) is -0.0634. The Morgan fingerprint density at radius 2 is 0.650 bits per heavy atom. The van der Waals surface area contributed by atoms with E-state index in [1.807, 2.05) is 25.7 Å². The van der Waals surface area contributed by atoms with Crippen molar-refractivity contribution < 1.29 is 0 Å². The predicted octanol–water partition coefficient (Wildman–Crippen LogP) is 12.1. The van der Waals surface area contributed by atoms with Gasteiger partial charge in [0.1, 0.15) is 15.2 Å². The van der Waals surface area contributed by atoms with Crippen molar-refractivity contribution in [2.75, 3.05) is 0 Å². The van der Waals surface area contributed by atoms with Crippen LogP contribution in [0.1, 0.15) is 157 Å². The number of aliphatic imine (C=N–C) groups is 1. The third-order valence-corrected chi connectivity index (χ3v) is 62.8. The summed E-state index contributed by atoms with van der Waals surface area (Å²) in [5.74, 6) is 0. The van der Waals surface area contributed by atoms with Crippen LogP contribution in [0.3, 0.4) is 0 Å². The lowest BCUT2D eigenvalue weighted by atomic mass is 10.1. The molecule has 2 rings (SSSR count). The van der Waals surface area contributed by atoms with Crippen molar-refractivity contribution in [2.45, 2.75) is 196 Å². The monoisotopic (exact) mass is 617 g/mol. The highest BCUT2D eigenvalue weighted by atomic mass is 29.3. The van der Waals surface area contributed by atoms with Gasteiger partial charge in [-0.1, -0.05) is 145 Å². The summed E-state index contributed by atoms with van der Waals surface area (Å²) in [6, 6.07) is 0. The van der Waals surface area contributed by atoms with Gasteiger partial charge in [-0.15, -0.1) is 0 Å². The number of hydrogen-bond donors (Lipinski definition) is 0. The number of rotatable bonds is 6. The van der Waals surface area contributed by atoms with E-state index in [4.69, 9.17) is 4.99 Å². The average Bonchev–Trinajstić information content (AvgIpc) is 3.12. The molecule has 0 atom stereocenters. The van der Waals surface area contributed by atoms with Crippen LogP contribution in [0.4, 0.5) is 0 Å². The molecule has 40 heavy (non-hydrogen) atoms. The van der Waals surface area contributed by atoms with Crippen LogP contribution in [0, 0.1) is 0 Å². The largest absolute Gasteiger partial charge is 0.296 e. The molecule has 0 unspecified atom stereocenters. The van der Waals surface area contributed by atoms with Crippen LogP contribution in [-0.4, -0.2) is 40.9 Å². The zero-order valence-corrected chi connectivity index (χ0v) is 35.3. The van der Waals surface area contributed by atoms with Crippen molar-refractivity contribution in [2.24, 2.45) is 4.99 Å². The van der Waals surface area contributed by atoms with E-state index in [1.54, 1.807) is 0 Å². The van der Waals surface area contributed by atoms with Crippen molar-refractivity contribution in [1.82, 2.24) is 0 Å². The number of nitrogens with zero attached hydrogens (tertiary/aromatic N) is 1. The van der Waals surface area contributed by atoms with Crippen LogP contribution in [-0.2, 0) is 0 Å². The zero-order valence-electron chi connectivity index (χ0n) is 31.3. The standard InChI is InChI=1S/C35H71NSi4/c1-22-26-27(23-2)40(38(21,34(14,15)16)35(17,18)19)29(25-4)28(24-3)39(26,30(40)36-31(5,6)7)37(20,32(8,9)10)33(11,12)13/h22-25H2,1-21H3. The van der Waals surface area contributed by atoms with Gasteiger partial charge in [-0.25, -0.2) is 0 Å². The minimum atomic E-state index is -2.32. The summed E-state index contributed by atoms with van der Waals surface area (Å²) in [6.07, 6.45) is 4.95. The summed E-state index contributed by atoms with van der Waals surface area (Å²) < 4.78 is 0. The maximum absolute atomic E-state index is 6.28. The van der Waals surface area contributed by atoms with Gasteiger partial charge in [0, 0.05) is 0 Å². The smallest absolute Gasteiger partial charge is 0.144 e. The molecule has 232 valence electrons. The van der Waals surface area contributed by atoms with E-state index in [2.05, 4.69) is 145 Å². The van der Waals surface area contributed by atoms with E-state index < -0.39 is 30.4 Å². The van der Waals surface area contributed by atoms with E-state index in [-0.39, 0.29) is 25.7 Å². The lowest BCUT2D eigenvalue weighted by Crippen LogP contribution is -2.79. The first-order chi connectivity index (χ1) is 17.6. The van der Waals surface area contributed by atoms with Crippen molar-refractivity contribution in [1.29, 1.82) is 0 Å². The van der Waals surface area contributed by atoms with Crippen LogP contribution < -0.4 is 0 Å². The average molecular weight is 618 g/mol. The molecular formula is C35H71NSi4. The van der Waals surface area contributed by atoms with Crippen molar-refractivity contribution >= 4 is 35.3 Å². The Morgan fingerprint density at radius 3 is 0.775 bits per heavy atom. The van der Waals surface area contributed by atoms with Crippen LogP contribution >= 0.6 is 0 Å². The van der Waals surface area contributed by atoms with E-state index in [0.717, 1.165) is 0 Å². The SMILES string of the molecule is CCC1=C(CC)[Si]2([Si](C)(C(C)(C)C)C(C)(C)C)C(=NC(C)(C)C)[Si]1([Si](C)(C(C)(C)C)C(C)(C)C)C(CC)=C2CC. The normalized spacial score (nSPS) is 25.5. The van der Waals surface area contributed by atoms with Gasteiger partial charge in [0.25, 0.3) is 0 Å². The van der Waals surface area contributed by atoms with Crippen molar-refractivity contribution in [3.05, 3.63) is 20.8 Å². The first kappa shape index (κ1) is 36.2. The molecule has 2 bridgehead atoms. The molecule has 2 aliphatic rings. The summed E-state index contributed by atoms with van der Waals surface area (Å²) in [5, 5.41) is 9.15. The molecule has 5 heteroatoms. The second kappa shape index (κ2) is 10.3. The van der Waals surface area contributed by atoms with Gasteiger partial charge in [-0.2, -0.15) is 0 Å². The maximum Gasteiger partial charge on any atom is 0.144 e. The first-order valence-electron chi connectivity index (χ1n) is 16.7. The predicted molar refractivity (Wildman–Crippen MR) is 196 cm³/mol. The van der Waals surface area contributed by atoms with Gasteiger partial charge in [-0.3, -0.25) is 4.99 Å². The molecule has 2 heterocycles. The van der Waals surface area contributed by atoms with Gasteiger partial charge in [0.15, 0.2) is 0 Å². The molecule has 0 aromatic carbocycles. The van der Waals surface area contributed by atoms with Crippen LogP contribution in [0.25, 0.3) is 0 Å². The Morgan fingerprint density at radius 1 is 0.450 bits per heavy atom. The second-order valence-corrected chi connectivity index (χ2v) is 46.6. The van der Waals surface area contributed by atoms with Gasteiger partial charge in [0.2, 0.25) is 0 Å². The van der Waals surface area contributed by atoms with E-state index in [0.29, 0.717) is 0 Å². The van der Waals surface area contributed by atoms with Crippen LogP contribution in [0.15, 0.2) is 25.8 Å².